The van der Waals surface area contributed by atoms with Crippen LogP contribution in [-0.2, 0) is 9.53 Å². The number of ether oxygens (including phenoxy) is 2. The highest BCUT2D eigenvalue weighted by Crippen LogP contribution is 2.17. The Labute approximate surface area is 112 Å². The molecule has 5 heteroatoms. The highest BCUT2D eigenvalue weighted by molar-refractivity contribution is 5.97. The molecule has 1 amide bonds. The van der Waals surface area contributed by atoms with Gasteiger partial charge in [-0.05, 0) is 18.6 Å². The van der Waals surface area contributed by atoms with Crippen LogP contribution in [0.25, 0.3) is 0 Å². The zero-order valence-corrected chi connectivity index (χ0v) is 11.4. The number of nitrogens with one attached hydrogen (secondary N) is 1. The topological polar surface area (TPSA) is 64.6 Å². The monoisotopic (exact) mass is 265 g/mol. The number of esters is 1. The number of carbonyl (C=O) groups is 2. The standard InChI is InChI=1S/C14H19NO4/c1-4-10(9-13(16)19-3)15-14(17)11-7-5-6-8-12(11)18-2/h5-8,10H,4,9H2,1-3H3,(H,15,17). The summed E-state index contributed by atoms with van der Waals surface area (Å²) in [4.78, 5) is 23.3. The largest absolute Gasteiger partial charge is 0.496 e. The predicted octanol–water partition coefficient (Wildman–Crippen LogP) is 1.77. The van der Waals surface area contributed by atoms with Crippen molar-refractivity contribution in [3.05, 3.63) is 29.8 Å². The lowest BCUT2D eigenvalue weighted by molar-refractivity contribution is -0.141. The fourth-order valence-corrected chi connectivity index (χ4v) is 1.68. The van der Waals surface area contributed by atoms with Crippen molar-refractivity contribution in [3.8, 4) is 5.75 Å². The van der Waals surface area contributed by atoms with Crippen LogP contribution < -0.4 is 10.1 Å². The lowest BCUT2D eigenvalue weighted by Crippen LogP contribution is -2.36. The minimum atomic E-state index is -0.341. The van der Waals surface area contributed by atoms with Gasteiger partial charge in [0.25, 0.3) is 5.91 Å². The van der Waals surface area contributed by atoms with Crippen LogP contribution in [0.4, 0.5) is 0 Å². The fourth-order valence-electron chi connectivity index (χ4n) is 1.68. The van der Waals surface area contributed by atoms with Gasteiger partial charge < -0.3 is 14.8 Å². The van der Waals surface area contributed by atoms with Crippen LogP contribution in [0.5, 0.6) is 5.75 Å². The van der Waals surface area contributed by atoms with E-state index in [2.05, 4.69) is 10.1 Å². The zero-order valence-electron chi connectivity index (χ0n) is 11.4. The van der Waals surface area contributed by atoms with Crippen LogP contribution in [0.15, 0.2) is 24.3 Å². The molecule has 0 aromatic heterocycles. The van der Waals surface area contributed by atoms with Crippen LogP contribution in [0.2, 0.25) is 0 Å². The van der Waals surface area contributed by atoms with E-state index in [1.165, 1.54) is 14.2 Å². The molecular weight excluding hydrogens is 246 g/mol. The van der Waals surface area contributed by atoms with E-state index in [1.54, 1.807) is 24.3 Å². The molecule has 0 aliphatic heterocycles. The number of rotatable bonds is 6. The van der Waals surface area contributed by atoms with Gasteiger partial charge in [-0.3, -0.25) is 9.59 Å². The smallest absolute Gasteiger partial charge is 0.307 e. The highest BCUT2D eigenvalue weighted by Gasteiger charge is 2.18. The predicted molar refractivity (Wildman–Crippen MR) is 71.2 cm³/mol. The maximum absolute atomic E-state index is 12.1. The number of methoxy groups -OCH3 is 2. The third-order valence-corrected chi connectivity index (χ3v) is 2.82. The van der Waals surface area contributed by atoms with Gasteiger partial charge in [-0.1, -0.05) is 19.1 Å². The van der Waals surface area contributed by atoms with Gasteiger partial charge in [-0.25, -0.2) is 0 Å². The Balaban J connectivity index is 2.74. The second-order valence-corrected chi connectivity index (χ2v) is 4.06. The molecule has 0 saturated carbocycles. The Bertz CT molecular complexity index is 445. The van der Waals surface area contributed by atoms with E-state index in [-0.39, 0.29) is 24.3 Å². The first-order valence-electron chi connectivity index (χ1n) is 6.13. The Morgan fingerprint density at radius 1 is 1.26 bits per heavy atom. The average molecular weight is 265 g/mol. The van der Waals surface area contributed by atoms with Crippen LogP contribution in [0.1, 0.15) is 30.1 Å². The number of benzene rings is 1. The van der Waals surface area contributed by atoms with Gasteiger partial charge in [-0.2, -0.15) is 0 Å². The van der Waals surface area contributed by atoms with Crippen LogP contribution in [-0.4, -0.2) is 32.1 Å². The normalized spacial score (nSPS) is 11.5. The van der Waals surface area contributed by atoms with Crippen molar-refractivity contribution in [2.75, 3.05) is 14.2 Å². The van der Waals surface area contributed by atoms with Crippen molar-refractivity contribution in [2.24, 2.45) is 0 Å². The summed E-state index contributed by atoms with van der Waals surface area (Å²) in [6.45, 7) is 1.90. The summed E-state index contributed by atoms with van der Waals surface area (Å²) in [6.07, 6.45) is 0.809. The number of para-hydroxylation sites is 1. The molecule has 0 aliphatic rings. The van der Waals surface area contributed by atoms with E-state index in [0.29, 0.717) is 17.7 Å². The molecule has 1 unspecified atom stereocenters. The van der Waals surface area contributed by atoms with Crippen molar-refractivity contribution >= 4 is 11.9 Å². The molecule has 19 heavy (non-hydrogen) atoms. The number of carbonyl (C=O) groups excluding carboxylic acids is 2. The molecule has 1 N–H and O–H groups in total. The second kappa shape index (κ2) is 7.41. The summed E-state index contributed by atoms with van der Waals surface area (Å²) < 4.78 is 9.73. The van der Waals surface area contributed by atoms with Gasteiger partial charge >= 0.3 is 5.97 Å². The summed E-state index contributed by atoms with van der Waals surface area (Å²) >= 11 is 0. The average Bonchev–Trinajstić information content (AvgIpc) is 2.45. The van der Waals surface area contributed by atoms with Crippen LogP contribution in [0.3, 0.4) is 0 Å². The van der Waals surface area contributed by atoms with E-state index in [0.717, 1.165) is 0 Å². The van der Waals surface area contributed by atoms with E-state index in [4.69, 9.17) is 4.74 Å². The minimum Gasteiger partial charge on any atom is -0.496 e. The van der Waals surface area contributed by atoms with Gasteiger partial charge in [0.1, 0.15) is 5.75 Å². The number of amides is 1. The van der Waals surface area contributed by atoms with Crippen LogP contribution >= 0.6 is 0 Å². The van der Waals surface area contributed by atoms with Gasteiger partial charge in [0.15, 0.2) is 0 Å². The van der Waals surface area contributed by atoms with Crippen LogP contribution in [0, 0.1) is 0 Å². The molecule has 0 saturated heterocycles. The molecule has 0 bridgehead atoms. The van der Waals surface area contributed by atoms with Gasteiger partial charge in [0.05, 0.1) is 26.2 Å². The van der Waals surface area contributed by atoms with Crippen molar-refractivity contribution in [1.82, 2.24) is 5.32 Å². The molecule has 104 valence electrons. The molecule has 0 radical (unpaired) electrons. The molecule has 1 aromatic rings. The molecule has 1 rings (SSSR count). The first kappa shape index (κ1) is 15.0. The molecule has 0 fully saturated rings. The second-order valence-electron chi connectivity index (χ2n) is 4.06. The number of hydrogen-bond acceptors (Lipinski definition) is 4. The lowest BCUT2D eigenvalue weighted by atomic mass is 10.1. The van der Waals surface area contributed by atoms with Gasteiger partial charge in [0, 0.05) is 6.04 Å². The lowest BCUT2D eigenvalue weighted by Gasteiger charge is -2.16. The Hall–Kier alpha value is -2.04. The van der Waals surface area contributed by atoms with E-state index >= 15 is 0 Å². The first-order valence-corrected chi connectivity index (χ1v) is 6.13. The highest BCUT2D eigenvalue weighted by atomic mass is 16.5. The van der Waals surface area contributed by atoms with Crippen molar-refractivity contribution < 1.29 is 19.1 Å². The van der Waals surface area contributed by atoms with Crippen molar-refractivity contribution in [2.45, 2.75) is 25.8 Å². The molecule has 1 aromatic carbocycles. The number of hydrogen-bond donors (Lipinski definition) is 1. The Kier molecular flexibility index (Phi) is 5.85. The fraction of sp³-hybridized carbons (Fsp3) is 0.429. The summed E-state index contributed by atoms with van der Waals surface area (Å²) in [5.41, 5.74) is 0.452. The summed E-state index contributed by atoms with van der Waals surface area (Å²) in [6, 6.07) is 6.71. The van der Waals surface area contributed by atoms with Crippen molar-refractivity contribution in [3.63, 3.8) is 0 Å². The molecular formula is C14H19NO4. The summed E-state index contributed by atoms with van der Waals surface area (Å²) in [7, 11) is 2.84. The molecule has 5 nitrogen and oxygen atoms in total. The first-order chi connectivity index (χ1) is 9.12. The minimum absolute atomic E-state index is 0.161. The Morgan fingerprint density at radius 3 is 2.53 bits per heavy atom. The SMILES string of the molecule is CCC(CC(=O)OC)NC(=O)c1ccccc1OC. The molecule has 0 aliphatic carbocycles. The van der Waals surface area contributed by atoms with Gasteiger partial charge in [-0.15, -0.1) is 0 Å². The third-order valence-electron chi connectivity index (χ3n) is 2.82. The quantitative estimate of drug-likeness (QED) is 0.796. The van der Waals surface area contributed by atoms with E-state index in [1.807, 2.05) is 6.92 Å². The summed E-state index contributed by atoms with van der Waals surface area (Å²) in [5.74, 6) is -0.0895. The zero-order chi connectivity index (χ0) is 14.3. The van der Waals surface area contributed by atoms with E-state index < -0.39 is 0 Å². The maximum Gasteiger partial charge on any atom is 0.307 e. The third kappa shape index (κ3) is 4.28. The summed E-state index contributed by atoms with van der Waals surface area (Å²) in [5, 5.41) is 2.80. The van der Waals surface area contributed by atoms with Crippen molar-refractivity contribution in [1.29, 1.82) is 0 Å². The van der Waals surface area contributed by atoms with E-state index in [9.17, 15) is 9.59 Å². The molecule has 1 atom stereocenters. The Morgan fingerprint density at radius 2 is 1.95 bits per heavy atom. The molecule has 0 spiro atoms. The van der Waals surface area contributed by atoms with Gasteiger partial charge in [0.2, 0.25) is 0 Å². The maximum atomic E-state index is 12.1. The molecule has 0 heterocycles.